The van der Waals surface area contributed by atoms with E-state index in [1.165, 1.54) is 57.4 Å². The molecule has 180 valence electrons. The van der Waals surface area contributed by atoms with E-state index < -0.39 is 5.97 Å². The molecule has 0 amide bonds. The summed E-state index contributed by atoms with van der Waals surface area (Å²) in [4.78, 5) is 11.4. The molecule has 3 nitrogen and oxygen atoms in total. The van der Waals surface area contributed by atoms with Gasteiger partial charge in [0.05, 0.1) is 0 Å². The number of esters is 1. The summed E-state index contributed by atoms with van der Waals surface area (Å²) < 4.78 is 11.6. The van der Waals surface area contributed by atoms with Gasteiger partial charge in [-0.25, -0.2) is 4.79 Å². The third kappa shape index (κ3) is 9.38. The van der Waals surface area contributed by atoms with Crippen molar-refractivity contribution in [2.24, 2.45) is 17.8 Å². The number of benzene rings is 1. The molecule has 1 aromatic rings. The first-order valence-corrected chi connectivity index (χ1v) is 12.9. The van der Waals surface area contributed by atoms with Crippen molar-refractivity contribution >= 4 is 5.97 Å². The van der Waals surface area contributed by atoms with Crippen LogP contribution in [0.25, 0.3) is 0 Å². The second-order valence-electron chi connectivity index (χ2n) is 10.8. The van der Waals surface area contributed by atoms with E-state index in [4.69, 9.17) is 9.47 Å². The minimum atomic E-state index is -0.429. The molecule has 0 saturated heterocycles. The summed E-state index contributed by atoms with van der Waals surface area (Å²) in [5.41, 5.74) is 1.02. The second kappa shape index (κ2) is 13.1. The minimum absolute atomic E-state index is 0.100. The van der Waals surface area contributed by atoms with Gasteiger partial charge < -0.3 is 9.47 Å². The van der Waals surface area contributed by atoms with E-state index >= 15 is 0 Å². The molecule has 1 heterocycles. The number of carbonyl (C=O) groups is 1. The fourth-order valence-electron chi connectivity index (χ4n) is 4.77. The normalized spacial score (nSPS) is 19.7. The SMILES string of the molecule is C=CC(=O)Oc1ccc2c(c1)CCC(C)(CCCC(C)CCCC(C)CCCC(C)C)O2. The Labute approximate surface area is 197 Å². The van der Waals surface area contributed by atoms with E-state index in [0.717, 1.165) is 48.3 Å². The molecule has 3 atom stereocenters. The van der Waals surface area contributed by atoms with Gasteiger partial charge in [0, 0.05) is 6.08 Å². The predicted octanol–water partition coefficient (Wildman–Crippen LogP) is 8.30. The Bertz CT molecular complexity index is 723. The topological polar surface area (TPSA) is 35.5 Å². The molecule has 0 aromatic heterocycles. The van der Waals surface area contributed by atoms with Crippen LogP contribution in [0.15, 0.2) is 30.9 Å². The van der Waals surface area contributed by atoms with E-state index in [9.17, 15) is 4.79 Å². The van der Waals surface area contributed by atoms with Crippen molar-refractivity contribution in [1.29, 1.82) is 0 Å². The van der Waals surface area contributed by atoms with Crippen LogP contribution in [0, 0.1) is 17.8 Å². The lowest BCUT2D eigenvalue weighted by molar-refractivity contribution is -0.128. The molecule has 1 aromatic carbocycles. The van der Waals surface area contributed by atoms with Gasteiger partial charge >= 0.3 is 5.97 Å². The first-order chi connectivity index (χ1) is 15.2. The van der Waals surface area contributed by atoms with Crippen LogP contribution in [0.4, 0.5) is 0 Å². The van der Waals surface area contributed by atoms with E-state index in [2.05, 4.69) is 41.2 Å². The van der Waals surface area contributed by atoms with Crippen molar-refractivity contribution in [3.05, 3.63) is 36.4 Å². The van der Waals surface area contributed by atoms with Crippen LogP contribution < -0.4 is 9.47 Å². The van der Waals surface area contributed by atoms with Gasteiger partial charge in [0.15, 0.2) is 0 Å². The largest absolute Gasteiger partial charge is 0.487 e. The second-order valence-corrected chi connectivity index (χ2v) is 10.8. The van der Waals surface area contributed by atoms with Crippen LogP contribution in [-0.4, -0.2) is 11.6 Å². The molecule has 1 aliphatic rings. The van der Waals surface area contributed by atoms with Gasteiger partial charge in [0.1, 0.15) is 17.1 Å². The average molecular weight is 443 g/mol. The lowest BCUT2D eigenvalue weighted by Crippen LogP contribution is -2.36. The lowest BCUT2D eigenvalue weighted by atomic mass is 9.86. The molecular formula is C29H46O3. The number of ether oxygens (including phenoxy) is 2. The molecule has 0 saturated carbocycles. The van der Waals surface area contributed by atoms with E-state index in [1.807, 2.05) is 12.1 Å². The summed E-state index contributed by atoms with van der Waals surface area (Å²) in [6, 6.07) is 5.66. The van der Waals surface area contributed by atoms with Crippen LogP contribution in [0.2, 0.25) is 0 Å². The monoisotopic (exact) mass is 442 g/mol. The smallest absolute Gasteiger partial charge is 0.335 e. The Morgan fingerprint density at radius 2 is 1.69 bits per heavy atom. The van der Waals surface area contributed by atoms with Crippen molar-refractivity contribution < 1.29 is 14.3 Å². The van der Waals surface area contributed by atoms with Crippen LogP contribution in [0.5, 0.6) is 11.5 Å². The molecule has 3 heteroatoms. The predicted molar refractivity (Wildman–Crippen MR) is 134 cm³/mol. The molecular weight excluding hydrogens is 396 g/mol. The number of aryl methyl sites for hydroxylation is 1. The highest BCUT2D eigenvalue weighted by Crippen LogP contribution is 2.38. The van der Waals surface area contributed by atoms with E-state index in [1.54, 1.807) is 6.07 Å². The third-order valence-electron chi connectivity index (χ3n) is 6.97. The van der Waals surface area contributed by atoms with Crippen LogP contribution >= 0.6 is 0 Å². The first kappa shape index (κ1) is 26.5. The summed E-state index contributed by atoms with van der Waals surface area (Å²) in [5.74, 6) is 3.56. The molecule has 2 rings (SSSR count). The van der Waals surface area contributed by atoms with Crippen molar-refractivity contribution in [3.63, 3.8) is 0 Å². The summed E-state index contributed by atoms with van der Waals surface area (Å²) in [5, 5.41) is 0. The Morgan fingerprint density at radius 1 is 1.06 bits per heavy atom. The number of hydrogen-bond donors (Lipinski definition) is 0. The van der Waals surface area contributed by atoms with Gasteiger partial charge in [-0.3, -0.25) is 0 Å². The van der Waals surface area contributed by atoms with Gasteiger partial charge in [-0.2, -0.15) is 0 Å². The van der Waals surface area contributed by atoms with Gasteiger partial charge in [0.25, 0.3) is 0 Å². The Morgan fingerprint density at radius 3 is 2.31 bits per heavy atom. The van der Waals surface area contributed by atoms with Gasteiger partial charge in [-0.05, 0) is 74.1 Å². The standard InChI is InChI=1S/C29H46O3/c1-7-28(30)31-26-16-17-27-25(21-26)18-20-29(6,32-27)19-10-15-24(5)14-9-13-23(4)12-8-11-22(2)3/h7,16-17,21-24H,1,8-15,18-20H2,2-6H3. The molecule has 0 radical (unpaired) electrons. The minimum Gasteiger partial charge on any atom is -0.487 e. The van der Waals surface area contributed by atoms with Gasteiger partial charge in [0.2, 0.25) is 0 Å². The first-order valence-electron chi connectivity index (χ1n) is 12.9. The zero-order valence-corrected chi connectivity index (χ0v) is 21.3. The Balaban J connectivity index is 1.67. The third-order valence-corrected chi connectivity index (χ3v) is 6.97. The number of rotatable bonds is 14. The molecule has 32 heavy (non-hydrogen) atoms. The summed E-state index contributed by atoms with van der Waals surface area (Å²) in [6.45, 7) is 15.2. The van der Waals surface area contributed by atoms with Crippen molar-refractivity contribution in [3.8, 4) is 11.5 Å². The Kier molecular flexibility index (Phi) is 10.8. The number of hydrogen-bond acceptors (Lipinski definition) is 3. The zero-order chi connectivity index (χ0) is 23.6. The lowest BCUT2D eigenvalue weighted by Gasteiger charge is -2.36. The van der Waals surface area contributed by atoms with Crippen LogP contribution in [-0.2, 0) is 11.2 Å². The molecule has 0 spiro atoms. The van der Waals surface area contributed by atoms with Gasteiger partial charge in [-0.1, -0.05) is 79.2 Å². The fraction of sp³-hybridized carbons (Fsp3) is 0.690. The van der Waals surface area contributed by atoms with E-state index in [0.29, 0.717) is 5.75 Å². The highest BCUT2D eigenvalue weighted by molar-refractivity contribution is 5.83. The maximum atomic E-state index is 11.4. The summed E-state index contributed by atoms with van der Waals surface area (Å²) in [7, 11) is 0. The van der Waals surface area contributed by atoms with Crippen LogP contribution in [0.3, 0.4) is 0 Å². The summed E-state index contributed by atoms with van der Waals surface area (Å²) in [6.07, 6.45) is 15.0. The average Bonchev–Trinajstić information content (AvgIpc) is 2.73. The maximum Gasteiger partial charge on any atom is 0.335 e. The Hall–Kier alpha value is -1.77. The highest BCUT2D eigenvalue weighted by Gasteiger charge is 2.31. The fourth-order valence-corrected chi connectivity index (χ4v) is 4.77. The number of carbonyl (C=O) groups excluding carboxylic acids is 1. The quantitative estimate of drug-likeness (QED) is 0.165. The molecule has 1 aliphatic heterocycles. The maximum absolute atomic E-state index is 11.4. The highest BCUT2D eigenvalue weighted by atomic mass is 16.5. The molecule has 0 bridgehead atoms. The zero-order valence-electron chi connectivity index (χ0n) is 21.3. The van der Waals surface area contributed by atoms with Crippen molar-refractivity contribution in [2.45, 2.75) is 111 Å². The molecule has 0 fully saturated rings. The molecule has 0 N–H and O–H groups in total. The van der Waals surface area contributed by atoms with Gasteiger partial charge in [-0.15, -0.1) is 0 Å². The van der Waals surface area contributed by atoms with Crippen LogP contribution in [0.1, 0.15) is 104 Å². The molecule has 3 unspecified atom stereocenters. The van der Waals surface area contributed by atoms with Crippen molar-refractivity contribution in [1.82, 2.24) is 0 Å². The van der Waals surface area contributed by atoms with Crippen molar-refractivity contribution in [2.75, 3.05) is 0 Å². The number of fused-ring (bicyclic) bond motifs is 1. The summed E-state index contributed by atoms with van der Waals surface area (Å²) >= 11 is 0. The van der Waals surface area contributed by atoms with E-state index in [-0.39, 0.29) is 5.60 Å². The molecule has 0 aliphatic carbocycles.